The van der Waals surface area contributed by atoms with Crippen molar-refractivity contribution in [1.29, 1.82) is 0 Å². The number of aromatic nitrogens is 3. The minimum atomic E-state index is 0.0916. The number of amides is 1. The summed E-state index contributed by atoms with van der Waals surface area (Å²) < 4.78 is 1.85. The summed E-state index contributed by atoms with van der Waals surface area (Å²) in [7, 11) is 0. The van der Waals surface area contributed by atoms with Crippen molar-refractivity contribution in [2.24, 2.45) is 0 Å². The number of pyridine rings is 2. The van der Waals surface area contributed by atoms with Crippen molar-refractivity contribution >= 4 is 17.5 Å². The Morgan fingerprint density at radius 1 is 1.26 bits per heavy atom. The molecule has 0 radical (unpaired) electrons. The lowest BCUT2D eigenvalue weighted by Crippen LogP contribution is -2.42. The summed E-state index contributed by atoms with van der Waals surface area (Å²) in [6.45, 7) is 3.01. The highest BCUT2D eigenvalue weighted by Crippen LogP contribution is 2.27. The Kier molecular flexibility index (Phi) is 5.01. The number of piperidine rings is 1. The van der Waals surface area contributed by atoms with Crippen molar-refractivity contribution in [3.05, 3.63) is 60.6 Å². The molecule has 0 aliphatic carbocycles. The van der Waals surface area contributed by atoms with Gasteiger partial charge in [-0.2, -0.15) is 5.10 Å². The molecule has 1 fully saturated rings. The van der Waals surface area contributed by atoms with Crippen molar-refractivity contribution < 1.29 is 4.79 Å². The lowest BCUT2D eigenvalue weighted by atomic mass is 10.00. The highest BCUT2D eigenvalue weighted by molar-refractivity contribution is 5.95. The summed E-state index contributed by atoms with van der Waals surface area (Å²) in [5.74, 6) is 0.0916. The predicted molar refractivity (Wildman–Crippen MR) is 107 cm³/mol. The van der Waals surface area contributed by atoms with E-state index in [2.05, 4.69) is 11.9 Å². The standard InChI is InChI=1S/C22H24N4O/c1-2-18-9-3-5-14-25(18)21(27)12-11-19-20-10-4-6-15-26(20)24-22(19)17-8-7-13-23-16-17/h4,6-8,10-13,15-16,18H,2-3,5,9,14H2,1H3/t18-/m0/s1. The number of fused-ring (bicyclic) bond motifs is 1. The molecule has 0 saturated carbocycles. The third-order valence-electron chi connectivity index (χ3n) is 5.29. The lowest BCUT2D eigenvalue weighted by molar-refractivity contribution is -0.129. The molecule has 0 N–H and O–H groups in total. The molecule has 1 aliphatic heterocycles. The van der Waals surface area contributed by atoms with Gasteiger partial charge in [-0.05, 0) is 56.0 Å². The number of hydrogen-bond acceptors (Lipinski definition) is 3. The van der Waals surface area contributed by atoms with Gasteiger partial charge in [-0.1, -0.05) is 13.0 Å². The van der Waals surface area contributed by atoms with E-state index in [0.717, 1.165) is 48.1 Å². The van der Waals surface area contributed by atoms with E-state index in [1.807, 2.05) is 52.0 Å². The number of hydrogen-bond donors (Lipinski definition) is 0. The van der Waals surface area contributed by atoms with Crippen LogP contribution in [0.25, 0.3) is 22.9 Å². The monoisotopic (exact) mass is 360 g/mol. The molecule has 5 heteroatoms. The van der Waals surface area contributed by atoms with Gasteiger partial charge in [-0.3, -0.25) is 9.78 Å². The van der Waals surface area contributed by atoms with Crippen LogP contribution in [0.2, 0.25) is 0 Å². The van der Waals surface area contributed by atoms with Gasteiger partial charge in [0.25, 0.3) is 0 Å². The number of rotatable bonds is 4. The second kappa shape index (κ2) is 7.74. The minimum Gasteiger partial charge on any atom is -0.336 e. The SMILES string of the molecule is CC[C@H]1CCCCN1C(=O)C=Cc1c(-c2cccnc2)nn2ccccc12. The molecule has 1 saturated heterocycles. The van der Waals surface area contributed by atoms with Crippen LogP contribution < -0.4 is 0 Å². The van der Waals surface area contributed by atoms with Gasteiger partial charge in [0.2, 0.25) is 5.91 Å². The minimum absolute atomic E-state index is 0.0916. The van der Waals surface area contributed by atoms with Gasteiger partial charge in [-0.25, -0.2) is 4.52 Å². The zero-order valence-electron chi connectivity index (χ0n) is 15.6. The Labute approximate surface area is 159 Å². The van der Waals surface area contributed by atoms with Crippen LogP contribution >= 0.6 is 0 Å². The van der Waals surface area contributed by atoms with E-state index in [9.17, 15) is 4.79 Å². The summed E-state index contributed by atoms with van der Waals surface area (Å²) >= 11 is 0. The summed E-state index contributed by atoms with van der Waals surface area (Å²) in [6, 6.07) is 10.2. The highest BCUT2D eigenvalue weighted by Gasteiger charge is 2.23. The van der Waals surface area contributed by atoms with E-state index in [1.165, 1.54) is 6.42 Å². The molecule has 3 aromatic rings. The third-order valence-corrected chi connectivity index (χ3v) is 5.29. The molecule has 1 aliphatic rings. The maximum atomic E-state index is 12.8. The smallest absolute Gasteiger partial charge is 0.246 e. The van der Waals surface area contributed by atoms with Crippen molar-refractivity contribution in [2.45, 2.75) is 38.6 Å². The average Bonchev–Trinajstić information content (AvgIpc) is 3.11. The maximum absolute atomic E-state index is 12.8. The van der Waals surface area contributed by atoms with Crippen molar-refractivity contribution in [3.8, 4) is 11.3 Å². The Morgan fingerprint density at radius 2 is 2.19 bits per heavy atom. The zero-order valence-corrected chi connectivity index (χ0v) is 15.6. The number of carbonyl (C=O) groups is 1. The van der Waals surface area contributed by atoms with Crippen LogP contribution in [0.1, 0.15) is 38.2 Å². The molecule has 0 aromatic carbocycles. The first kappa shape index (κ1) is 17.5. The van der Waals surface area contributed by atoms with Gasteiger partial charge in [0.15, 0.2) is 0 Å². The molecule has 4 heterocycles. The molecule has 27 heavy (non-hydrogen) atoms. The largest absolute Gasteiger partial charge is 0.336 e. The molecular formula is C22H24N4O. The molecule has 138 valence electrons. The van der Waals surface area contributed by atoms with Crippen LogP contribution in [0.5, 0.6) is 0 Å². The van der Waals surface area contributed by atoms with Crippen LogP contribution in [-0.2, 0) is 4.79 Å². The highest BCUT2D eigenvalue weighted by atomic mass is 16.2. The molecular weight excluding hydrogens is 336 g/mol. The summed E-state index contributed by atoms with van der Waals surface area (Å²) in [5, 5.41) is 4.71. The van der Waals surface area contributed by atoms with Crippen molar-refractivity contribution in [2.75, 3.05) is 6.54 Å². The normalized spacial score (nSPS) is 17.7. The van der Waals surface area contributed by atoms with Crippen LogP contribution in [0.15, 0.2) is 55.0 Å². The Bertz CT molecular complexity index is 961. The molecule has 1 amide bonds. The van der Waals surface area contributed by atoms with Crippen LogP contribution in [0.4, 0.5) is 0 Å². The number of likely N-dealkylation sites (tertiary alicyclic amines) is 1. The first-order valence-corrected chi connectivity index (χ1v) is 9.64. The second-order valence-electron chi connectivity index (χ2n) is 6.96. The summed E-state index contributed by atoms with van der Waals surface area (Å²) in [4.78, 5) is 19.1. The molecule has 5 nitrogen and oxygen atoms in total. The third kappa shape index (κ3) is 3.50. The van der Waals surface area contributed by atoms with E-state index in [1.54, 1.807) is 18.5 Å². The summed E-state index contributed by atoms with van der Waals surface area (Å²) in [5.41, 5.74) is 3.70. The van der Waals surface area contributed by atoms with Crippen molar-refractivity contribution in [3.63, 3.8) is 0 Å². The first-order valence-electron chi connectivity index (χ1n) is 9.64. The maximum Gasteiger partial charge on any atom is 0.246 e. The van der Waals surface area contributed by atoms with Crippen molar-refractivity contribution in [1.82, 2.24) is 19.5 Å². The van der Waals surface area contributed by atoms with Gasteiger partial charge < -0.3 is 4.90 Å². The topological polar surface area (TPSA) is 50.5 Å². The Hall–Kier alpha value is -2.95. The van der Waals surface area contributed by atoms with Crippen LogP contribution in [-0.4, -0.2) is 38.0 Å². The van der Waals surface area contributed by atoms with E-state index < -0.39 is 0 Å². The molecule has 1 atom stereocenters. The van der Waals surface area contributed by atoms with Gasteiger partial charge in [-0.15, -0.1) is 0 Å². The second-order valence-corrected chi connectivity index (χ2v) is 6.96. The molecule has 4 rings (SSSR count). The fourth-order valence-corrected chi connectivity index (χ4v) is 3.86. The molecule has 0 unspecified atom stereocenters. The number of nitrogens with zero attached hydrogens (tertiary/aromatic N) is 4. The lowest BCUT2D eigenvalue weighted by Gasteiger charge is -2.34. The fourth-order valence-electron chi connectivity index (χ4n) is 3.86. The average molecular weight is 360 g/mol. The summed E-state index contributed by atoms with van der Waals surface area (Å²) in [6.07, 6.45) is 13.5. The van der Waals surface area contributed by atoms with E-state index in [-0.39, 0.29) is 5.91 Å². The molecule has 0 bridgehead atoms. The van der Waals surface area contributed by atoms with Gasteiger partial charge in [0, 0.05) is 48.4 Å². The first-order chi connectivity index (χ1) is 13.3. The molecule has 0 spiro atoms. The zero-order chi connectivity index (χ0) is 18.6. The predicted octanol–water partition coefficient (Wildman–Crippen LogP) is 4.20. The Balaban J connectivity index is 1.70. The van der Waals surface area contributed by atoms with E-state index >= 15 is 0 Å². The van der Waals surface area contributed by atoms with Crippen LogP contribution in [0, 0.1) is 0 Å². The van der Waals surface area contributed by atoms with Gasteiger partial charge in [0.05, 0.1) is 5.52 Å². The fraction of sp³-hybridized carbons (Fsp3) is 0.318. The van der Waals surface area contributed by atoms with E-state index in [4.69, 9.17) is 5.10 Å². The Morgan fingerprint density at radius 3 is 3.00 bits per heavy atom. The van der Waals surface area contributed by atoms with Gasteiger partial charge in [0.1, 0.15) is 5.69 Å². The van der Waals surface area contributed by atoms with Gasteiger partial charge >= 0.3 is 0 Å². The quantitative estimate of drug-likeness (QED) is 0.655. The van der Waals surface area contributed by atoms with E-state index in [0.29, 0.717) is 6.04 Å². The molecule has 3 aromatic heterocycles. The van der Waals surface area contributed by atoms with Crippen LogP contribution in [0.3, 0.4) is 0 Å². The number of carbonyl (C=O) groups excluding carboxylic acids is 1.